The Morgan fingerprint density at radius 3 is 0.688 bits per heavy atom. The van der Waals surface area contributed by atoms with Crippen LogP contribution in [-0.2, 0) is 201 Å². The maximum absolute atomic E-state index is 11.6. The van der Waals surface area contributed by atoms with Gasteiger partial charge in [-0.05, 0) is 111 Å². The first-order chi connectivity index (χ1) is 60.3. The molecular formula is C84H90N2O42. The lowest BCUT2D eigenvalue weighted by atomic mass is 9.63. The molecule has 1 saturated carbocycles. The molecule has 14 aliphatic heterocycles. The molecule has 0 N–H and O–H groups in total. The Morgan fingerprint density at radius 2 is 0.469 bits per heavy atom. The van der Waals surface area contributed by atoms with Crippen LogP contribution in [0.4, 0.5) is 0 Å². The second kappa shape index (κ2) is 42.6. The van der Waals surface area contributed by atoms with Gasteiger partial charge in [0.2, 0.25) is 0 Å². The maximum Gasteiger partial charge on any atom is 0.327 e. The van der Waals surface area contributed by atoms with Crippen molar-refractivity contribution >= 4 is 167 Å². The Bertz CT molecular complexity index is 4340. The number of hydrogen-bond donors (Lipinski definition) is 0. The van der Waals surface area contributed by atoms with E-state index in [0.29, 0.717) is 57.0 Å². The van der Waals surface area contributed by atoms with Gasteiger partial charge in [-0.2, -0.15) is 0 Å². The quantitative estimate of drug-likeness (QED) is 0.153. The summed E-state index contributed by atoms with van der Waals surface area (Å²) in [6.07, 6.45) is 7.02. The lowest BCUT2D eigenvalue weighted by molar-refractivity contribution is -0.173. The molecule has 6 atom stereocenters. The highest BCUT2D eigenvalue weighted by atomic mass is 16.6. The van der Waals surface area contributed by atoms with Gasteiger partial charge in [0, 0.05) is 102 Å². The minimum atomic E-state index is -1.31. The van der Waals surface area contributed by atoms with Crippen molar-refractivity contribution in [1.29, 1.82) is 0 Å². The van der Waals surface area contributed by atoms with Crippen LogP contribution in [0.15, 0.2) is 24.3 Å². The Labute approximate surface area is 724 Å². The molecule has 1 aromatic rings. The van der Waals surface area contributed by atoms with Crippen LogP contribution in [0, 0.1) is 81.8 Å². The smallest absolute Gasteiger partial charge is 0.327 e. The van der Waals surface area contributed by atoms with E-state index in [-0.39, 0.29) is 170 Å². The number of nitrogens with zero attached hydrogens (tertiary/aromatic N) is 2. The molecule has 44 nitrogen and oxygen atoms in total. The summed E-state index contributed by atoms with van der Waals surface area (Å²) in [5.74, 6) is -18.6. The van der Waals surface area contributed by atoms with Gasteiger partial charge in [-0.3, -0.25) is 144 Å². The van der Waals surface area contributed by atoms with Crippen LogP contribution >= 0.6 is 0 Å². The van der Waals surface area contributed by atoms with Crippen LogP contribution in [0.5, 0.6) is 0 Å². The number of rotatable bonds is 13. The van der Waals surface area contributed by atoms with Gasteiger partial charge in [-0.1, -0.05) is 38.1 Å². The fraction of sp³-hybridized carbons (Fsp3) is 0.595. The lowest BCUT2D eigenvalue weighted by Crippen LogP contribution is -2.49. The number of ether oxygens (including phenoxy) is 14. The minimum absolute atomic E-state index is 0.0397. The standard InChI is InChI=1S/C16H20O6.C16H14O6.2C11H12O6.C10H12N2O6.2C10H10O6/c2*17-13-5-11(6-14(18)21-13)9-1-2-10(4-3-9)12-7-15(19)22-16(20)8-12;12-8-2-6(3-9(13)16-8)1-7-4-10(14)17-11(15)5-7;1-4-6(10(14)16-8(4)12)3-7-5(2)9(13)17-11(7)15;13-7-3-11(4-8(14)17-7)1-2-12-5-9(15)18-10(16)6-12;1-9(3-5(11)15-7(9)13)10(2)4-6(12)16-8(10)14;11-7-1-5(2-8(12)15-7)6-3-9(13)16-10(14)4-6/h9-12H,1-8H2;1-4,11-12H,5-8H2;6-7H,1-5H2;4-7H,3H2,1-2H3;1-6H2;3-4H2,1-2H3;5-6H,1-4H2. The fourth-order valence-corrected chi connectivity index (χ4v) is 17.5. The summed E-state index contributed by atoms with van der Waals surface area (Å²) in [5, 5.41) is 0. The first-order valence-electron chi connectivity index (χ1n) is 41.2. The predicted octanol–water partition coefficient (Wildman–Crippen LogP) is 1.37. The Balaban J connectivity index is 0.000000156. The molecule has 15 fully saturated rings. The fourth-order valence-electron chi connectivity index (χ4n) is 17.5. The van der Waals surface area contributed by atoms with Crippen LogP contribution < -0.4 is 0 Å². The Hall–Kier alpha value is -12.9. The third-order valence-corrected chi connectivity index (χ3v) is 24.7. The van der Waals surface area contributed by atoms with E-state index in [4.69, 9.17) is 0 Å². The van der Waals surface area contributed by atoms with Crippen molar-refractivity contribution in [3.8, 4) is 0 Å². The van der Waals surface area contributed by atoms with Crippen molar-refractivity contribution in [2.45, 2.75) is 194 Å². The average molecular weight is 1800 g/mol. The number of cyclic esters (lactones) is 28. The molecule has 0 aromatic heterocycles. The highest BCUT2D eigenvalue weighted by Crippen LogP contribution is 2.52. The number of hydrogen-bond acceptors (Lipinski definition) is 44. The Kier molecular flexibility index (Phi) is 32.4. The minimum Gasteiger partial charge on any atom is -0.393 e. The van der Waals surface area contributed by atoms with Gasteiger partial charge >= 0.3 is 167 Å². The summed E-state index contributed by atoms with van der Waals surface area (Å²) in [5.41, 5.74) is -0.877. The van der Waals surface area contributed by atoms with Crippen molar-refractivity contribution in [2.24, 2.45) is 81.8 Å². The third kappa shape index (κ3) is 26.6. The third-order valence-electron chi connectivity index (χ3n) is 24.7. The largest absolute Gasteiger partial charge is 0.393 e. The van der Waals surface area contributed by atoms with E-state index >= 15 is 0 Å². The molecule has 1 aromatic carbocycles. The van der Waals surface area contributed by atoms with Crippen LogP contribution in [0.25, 0.3) is 0 Å². The van der Waals surface area contributed by atoms with Gasteiger partial charge in [-0.25, -0.2) is 0 Å². The summed E-state index contributed by atoms with van der Waals surface area (Å²) in [6, 6.07) is 7.32. The molecule has 6 unspecified atom stereocenters. The van der Waals surface area contributed by atoms with E-state index in [9.17, 15) is 134 Å². The SMILES string of the molecule is CC1(C2(C)CC(=O)OC2=O)CC(=O)OC1=O.CC1C(=O)OC(=O)C1CC1C(=O)OC(=O)C1C.O=C1CC(C2CC(=O)OC(=O)C2)CC(=O)O1.O=C1CC(C2CCC(C3CC(=O)OC(=O)C3)CC2)CC(=O)O1.O=C1CC(CC2CC(=O)OC(=O)C2)CC(=O)O1.O=C1CC(c2ccc(C3CC(=O)OC(=O)C3)cc2)CC(=O)O1.O=C1CN(CCN2CC(=O)OC(=O)C2)CC(=O)O1. The first kappa shape index (κ1) is 97.3. The summed E-state index contributed by atoms with van der Waals surface area (Å²) in [6.45, 7) is 7.00. The summed E-state index contributed by atoms with van der Waals surface area (Å²) < 4.78 is 62.4. The summed E-state index contributed by atoms with van der Waals surface area (Å²) in [4.78, 5) is 317. The van der Waals surface area contributed by atoms with E-state index in [0.717, 1.165) is 36.8 Å². The molecule has 128 heavy (non-hydrogen) atoms. The molecule has 14 saturated heterocycles. The molecule has 0 bridgehead atoms. The van der Waals surface area contributed by atoms with E-state index in [2.05, 4.69) is 66.3 Å². The topological polar surface area (TPSA) is 614 Å². The molecule has 0 amide bonds. The monoisotopic (exact) mass is 1800 g/mol. The molecule has 44 heteroatoms. The van der Waals surface area contributed by atoms with Crippen LogP contribution in [0.3, 0.4) is 0 Å². The molecule has 0 radical (unpaired) electrons. The molecule has 688 valence electrons. The van der Waals surface area contributed by atoms with Crippen molar-refractivity contribution in [1.82, 2.24) is 9.80 Å². The first-order valence-corrected chi connectivity index (χ1v) is 41.2. The maximum atomic E-state index is 11.6. The zero-order chi connectivity index (χ0) is 93.5. The van der Waals surface area contributed by atoms with Crippen LogP contribution in [0.1, 0.15) is 205 Å². The Morgan fingerprint density at radius 1 is 0.250 bits per heavy atom. The summed E-state index contributed by atoms with van der Waals surface area (Å²) >= 11 is 0. The zero-order valence-corrected chi connectivity index (χ0v) is 69.6. The van der Waals surface area contributed by atoms with E-state index in [1.807, 2.05) is 24.3 Å². The molecule has 16 rings (SSSR count). The number of carbonyl (C=O) groups is 28. The van der Waals surface area contributed by atoms with E-state index in [1.54, 1.807) is 23.6 Å². The molecule has 14 heterocycles. The average Bonchev–Trinajstić information content (AvgIpc) is 1.57. The molecule has 15 aliphatic rings. The second-order valence-electron chi connectivity index (χ2n) is 33.9. The van der Waals surface area contributed by atoms with Gasteiger partial charge in [0.05, 0.1) is 99.2 Å². The van der Waals surface area contributed by atoms with Crippen molar-refractivity contribution in [3.05, 3.63) is 35.4 Å². The number of benzene rings is 1. The molecule has 0 spiro atoms. The van der Waals surface area contributed by atoms with Gasteiger partial charge in [0.1, 0.15) is 0 Å². The highest BCUT2D eigenvalue weighted by molar-refractivity contribution is 6.06. The van der Waals surface area contributed by atoms with Crippen molar-refractivity contribution < 1.29 is 201 Å². The second-order valence-corrected chi connectivity index (χ2v) is 33.9. The molecule has 1 aliphatic carbocycles. The van der Waals surface area contributed by atoms with Gasteiger partial charge in [0.25, 0.3) is 0 Å². The zero-order valence-electron chi connectivity index (χ0n) is 69.6. The number of carbonyl (C=O) groups excluding carboxylic acids is 28. The van der Waals surface area contributed by atoms with Gasteiger partial charge in [-0.15, -0.1) is 0 Å². The number of esters is 28. The highest BCUT2D eigenvalue weighted by Gasteiger charge is 2.65. The molecular weight excluding hydrogens is 1710 g/mol. The van der Waals surface area contributed by atoms with E-state index < -0.39 is 202 Å². The lowest BCUT2D eigenvalue weighted by Gasteiger charge is -2.37. The predicted molar refractivity (Wildman–Crippen MR) is 400 cm³/mol. The van der Waals surface area contributed by atoms with Crippen molar-refractivity contribution in [2.75, 3.05) is 39.3 Å². The van der Waals surface area contributed by atoms with Crippen LogP contribution in [-0.4, -0.2) is 216 Å². The van der Waals surface area contributed by atoms with Gasteiger partial charge in [0.15, 0.2) is 0 Å². The van der Waals surface area contributed by atoms with Crippen molar-refractivity contribution in [3.63, 3.8) is 0 Å². The van der Waals surface area contributed by atoms with Gasteiger partial charge < -0.3 is 66.3 Å². The normalized spacial score (nSPS) is 28.2. The van der Waals surface area contributed by atoms with Crippen LogP contribution in [0.2, 0.25) is 0 Å². The summed E-state index contributed by atoms with van der Waals surface area (Å²) in [7, 11) is 0. The number of morpholine rings is 2. The van der Waals surface area contributed by atoms with E-state index in [1.165, 1.54) is 13.8 Å².